The van der Waals surface area contributed by atoms with E-state index in [2.05, 4.69) is 4.98 Å². The number of aromatic nitrogens is 2. The maximum Gasteiger partial charge on any atom is 0.405 e. The molecule has 13 heteroatoms. The zero-order chi connectivity index (χ0) is 26.4. The van der Waals surface area contributed by atoms with Crippen LogP contribution in [0.15, 0.2) is 18.5 Å². The van der Waals surface area contributed by atoms with Crippen LogP contribution >= 0.6 is 11.6 Å². The summed E-state index contributed by atoms with van der Waals surface area (Å²) in [5.74, 6) is -2.71. The maximum absolute atomic E-state index is 13.8. The molecule has 0 unspecified atom stereocenters. The Labute approximate surface area is 208 Å². The number of primary amides is 1. The molecule has 2 aromatic rings. The Balaban J connectivity index is 1.50. The van der Waals surface area contributed by atoms with Gasteiger partial charge in [0.1, 0.15) is 18.1 Å². The average molecular weight is 530 g/mol. The molecule has 0 bridgehead atoms. The summed E-state index contributed by atoms with van der Waals surface area (Å²) in [5, 5.41) is 1.85. The summed E-state index contributed by atoms with van der Waals surface area (Å²) in [4.78, 5) is 43.2. The molecule has 0 radical (unpaired) electrons. The van der Waals surface area contributed by atoms with Gasteiger partial charge in [0, 0.05) is 12.6 Å². The number of carbonyl (C=O) groups is 3. The van der Waals surface area contributed by atoms with Crippen molar-refractivity contribution in [1.82, 2.24) is 14.9 Å². The van der Waals surface area contributed by atoms with E-state index in [1.807, 2.05) is 0 Å². The second-order valence-electron chi connectivity index (χ2n) is 9.28. The summed E-state index contributed by atoms with van der Waals surface area (Å²) in [6.07, 6.45) is -0.987. The Kier molecular flexibility index (Phi) is 6.76. The van der Waals surface area contributed by atoms with Crippen molar-refractivity contribution in [3.63, 3.8) is 0 Å². The van der Waals surface area contributed by atoms with Crippen LogP contribution in [-0.4, -0.2) is 46.5 Å². The summed E-state index contributed by atoms with van der Waals surface area (Å²) < 4.78 is 52.7. The van der Waals surface area contributed by atoms with Gasteiger partial charge in [0.05, 0.1) is 22.5 Å². The molecule has 4 rings (SSSR count). The monoisotopic (exact) mass is 529 g/mol. The molecule has 1 aliphatic heterocycles. The van der Waals surface area contributed by atoms with Crippen LogP contribution in [0.1, 0.15) is 64.7 Å². The second-order valence-corrected chi connectivity index (χ2v) is 9.69. The van der Waals surface area contributed by atoms with Crippen LogP contribution in [0.2, 0.25) is 5.02 Å². The van der Waals surface area contributed by atoms with Crippen LogP contribution in [-0.2, 0) is 4.79 Å². The molecule has 1 aromatic heterocycles. The van der Waals surface area contributed by atoms with Gasteiger partial charge in [0.25, 0.3) is 11.8 Å². The number of amides is 3. The number of imidazole rings is 1. The molecule has 2 heterocycles. The topological polar surface area (TPSA) is 110 Å². The third-order valence-electron chi connectivity index (χ3n) is 7.03. The lowest BCUT2D eigenvalue weighted by atomic mass is 9.71. The minimum atomic E-state index is -4.62. The Bertz CT molecular complexity index is 1220. The van der Waals surface area contributed by atoms with E-state index in [4.69, 9.17) is 17.3 Å². The zero-order valence-electron chi connectivity index (χ0n) is 19.3. The molecule has 2 aliphatic rings. The second kappa shape index (κ2) is 9.38. The van der Waals surface area contributed by atoms with Crippen molar-refractivity contribution >= 4 is 35.0 Å². The third-order valence-corrected chi connectivity index (χ3v) is 7.33. The highest BCUT2D eigenvalue weighted by Gasteiger charge is 2.49. The van der Waals surface area contributed by atoms with Gasteiger partial charge in [-0.2, -0.15) is 13.2 Å². The summed E-state index contributed by atoms with van der Waals surface area (Å²) in [6, 6.07) is 2.41. The molecule has 36 heavy (non-hydrogen) atoms. The van der Waals surface area contributed by atoms with E-state index in [9.17, 15) is 31.9 Å². The number of rotatable bonds is 5. The summed E-state index contributed by atoms with van der Waals surface area (Å²) in [6.45, 7) is 0.449. The molecule has 1 aliphatic carbocycles. The average Bonchev–Trinajstić information content (AvgIpc) is 3.38. The number of nitrogens with one attached hydrogen (secondary N) is 1. The van der Waals surface area contributed by atoms with Crippen molar-refractivity contribution in [2.24, 2.45) is 11.1 Å². The first-order valence-electron chi connectivity index (χ1n) is 11.3. The van der Waals surface area contributed by atoms with Crippen LogP contribution in [0, 0.1) is 18.2 Å². The van der Waals surface area contributed by atoms with E-state index < -0.39 is 41.5 Å². The van der Waals surface area contributed by atoms with E-state index in [1.165, 1.54) is 17.0 Å². The quantitative estimate of drug-likeness (QED) is 0.572. The summed E-state index contributed by atoms with van der Waals surface area (Å²) >= 11 is 6.22. The molecule has 1 saturated heterocycles. The minimum absolute atomic E-state index is 0.109. The van der Waals surface area contributed by atoms with Gasteiger partial charge in [-0.15, -0.1) is 0 Å². The molecule has 1 spiro atoms. The zero-order valence-corrected chi connectivity index (χ0v) is 20.0. The Hall–Kier alpha value is -3.15. The number of halogens is 5. The lowest BCUT2D eigenvalue weighted by molar-refractivity contribution is -0.127. The molecule has 0 atom stereocenters. The van der Waals surface area contributed by atoms with E-state index in [1.54, 1.807) is 23.2 Å². The lowest BCUT2D eigenvalue weighted by Gasteiger charge is -2.36. The Morgan fingerprint density at radius 2 is 1.92 bits per heavy atom. The van der Waals surface area contributed by atoms with Gasteiger partial charge in [-0.3, -0.25) is 14.4 Å². The van der Waals surface area contributed by atoms with Gasteiger partial charge in [-0.25, -0.2) is 9.37 Å². The van der Waals surface area contributed by atoms with Gasteiger partial charge < -0.3 is 20.5 Å². The molecule has 3 N–H and O–H groups in total. The van der Waals surface area contributed by atoms with Crippen molar-refractivity contribution in [3.8, 4) is 0 Å². The highest BCUT2D eigenvalue weighted by Crippen LogP contribution is 2.49. The van der Waals surface area contributed by atoms with Gasteiger partial charge in [0.2, 0.25) is 5.91 Å². The third kappa shape index (κ3) is 4.78. The van der Waals surface area contributed by atoms with Gasteiger partial charge in [0.15, 0.2) is 5.69 Å². The fourth-order valence-electron chi connectivity index (χ4n) is 5.11. The van der Waals surface area contributed by atoms with Crippen molar-refractivity contribution < 1.29 is 31.9 Å². The van der Waals surface area contributed by atoms with E-state index in [-0.39, 0.29) is 22.7 Å². The lowest BCUT2D eigenvalue weighted by Crippen LogP contribution is -2.38. The standard InChI is InChI=1S/C23H24ClF4N5O3/c1-12-8-16(14(24)9-15(12)25)32-7-6-22(21(32)36)4-2-13(3-5-22)33-11-31-17(18(33)19(29)34)20(35)30-10-23(26,27)28/h8-9,11,13H,2-7,10H2,1H3,(H2,29,34)(H,30,35). The van der Waals surface area contributed by atoms with Crippen LogP contribution in [0.4, 0.5) is 23.2 Å². The largest absolute Gasteiger partial charge is 0.405 e. The molecular weight excluding hydrogens is 506 g/mol. The number of hydrogen-bond donors (Lipinski definition) is 2. The van der Waals surface area contributed by atoms with Crippen molar-refractivity contribution in [1.29, 1.82) is 0 Å². The maximum atomic E-state index is 13.8. The summed E-state index contributed by atoms with van der Waals surface area (Å²) in [5.41, 5.74) is 4.88. The van der Waals surface area contributed by atoms with Crippen LogP contribution < -0.4 is 16.0 Å². The van der Waals surface area contributed by atoms with Crippen LogP contribution in [0.25, 0.3) is 0 Å². The molecule has 1 aromatic carbocycles. The number of nitrogens with two attached hydrogens (primary N) is 1. The number of anilines is 1. The fourth-order valence-corrected chi connectivity index (χ4v) is 5.36. The molecule has 3 amide bonds. The smallest absolute Gasteiger partial charge is 0.364 e. The SMILES string of the molecule is Cc1cc(N2CCC3(CCC(n4cnc(C(=O)NCC(F)(F)F)c4C(N)=O)CC3)C2=O)c(Cl)cc1F. The fraction of sp³-hybridized carbons (Fsp3) is 0.478. The number of carbonyl (C=O) groups excluding carboxylic acids is 3. The predicted molar refractivity (Wildman–Crippen MR) is 122 cm³/mol. The van der Waals surface area contributed by atoms with Gasteiger partial charge in [-0.05, 0) is 56.7 Å². The molecule has 8 nitrogen and oxygen atoms in total. The number of hydrogen-bond acceptors (Lipinski definition) is 4. The Morgan fingerprint density at radius 3 is 2.53 bits per heavy atom. The number of nitrogens with zero attached hydrogens (tertiary/aromatic N) is 3. The predicted octanol–water partition coefficient (Wildman–Crippen LogP) is 3.91. The Morgan fingerprint density at radius 1 is 1.25 bits per heavy atom. The first kappa shape index (κ1) is 25.9. The van der Waals surface area contributed by atoms with E-state index in [0.717, 1.165) is 0 Å². The van der Waals surface area contributed by atoms with Gasteiger partial charge >= 0.3 is 6.18 Å². The van der Waals surface area contributed by atoms with Crippen molar-refractivity contribution in [2.75, 3.05) is 18.0 Å². The first-order chi connectivity index (χ1) is 16.8. The molecule has 2 fully saturated rings. The molecule has 194 valence electrons. The normalized spacial score (nSPS) is 22.3. The van der Waals surface area contributed by atoms with E-state index >= 15 is 0 Å². The first-order valence-corrected chi connectivity index (χ1v) is 11.7. The summed E-state index contributed by atoms with van der Waals surface area (Å²) in [7, 11) is 0. The van der Waals surface area contributed by atoms with E-state index in [0.29, 0.717) is 49.9 Å². The van der Waals surface area contributed by atoms with Crippen LogP contribution in [0.5, 0.6) is 0 Å². The molecule has 1 saturated carbocycles. The highest BCUT2D eigenvalue weighted by molar-refractivity contribution is 6.34. The van der Waals surface area contributed by atoms with Crippen LogP contribution in [0.3, 0.4) is 0 Å². The van der Waals surface area contributed by atoms with Gasteiger partial charge in [-0.1, -0.05) is 11.6 Å². The molecular formula is C23H24ClF4N5O3. The highest BCUT2D eigenvalue weighted by atomic mass is 35.5. The van der Waals surface area contributed by atoms with Crippen molar-refractivity contribution in [3.05, 3.63) is 46.3 Å². The number of aryl methyl sites for hydroxylation is 1. The number of alkyl halides is 3. The van der Waals surface area contributed by atoms with Crippen molar-refractivity contribution in [2.45, 2.75) is 51.2 Å². The minimum Gasteiger partial charge on any atom is -0.364 e. The number of benzene rings is 1.